The maximum absolute atomic E-state index is 12.3. The zero-order chi connectivity index (χ0) is 19.2. The highest BCUT2D eigenvalue weighted by Gasteiger charge is 2.34. The van der Waals surface area contributed by atoms with Crippen molar-refractivity contribution in [3.05, 3.63) is 59.9 Å². The molecule has 1 atom stereocenters. The molecule has 0 unspecified atom stereocenters. The topological polar surface area (TPSA) is 71.5 Å². The third kappa shape index (κ3) is 5.22. The van der Waals surface area contributed by atoms with Crippen molar-refractivity contribution in [2.45, 2.75) is 26.1 Å². The van der Waals surface area contributed by atoms with Crippen LogP contribution in [-0.2, 0) is 22.7 Å². The lowest BCUT2D eigenvalue weighted by atomic mass is 10.1. The summed E-state index contributed by atoms with van der Waals surface area (Å²) < 4.78 is 28.5. The Kier molecular flexibility index (Phi) is 5.95. The van der Waals surface area contributed by atoms with Gasteiger partial charge in [-0.2, -0.15) is 8.78 Å². The number of amides is 2. The summed E-state index contributed by atoms with van der Waals surface area (Å²) in [5, 5.41) is 2.78. The number of benzene rings is 1. The second-order valence-corrected chi connectivity index (χ2v) is 6.24. The summed E-state index contributed by atoms with van der Waals surface area (Å²) in [7, 11) is 0. The molecular weight excluding hydrogens is 356 g/mol. The zero-order valence-corrected chi connectivity index (χ0v) is 14.5. The van der Waals surface area contributed by atoms with Gasteiger partial charge in [0.2, 0.25) is 11.8 Å². The number of rotatable bonds is 7. The molecule has 0 saturated carbocycles. The fraction of sp³-hybridized carbons (Fsp3) is 0.316. The average Bonchev–Trinajstić information content (AvgIpc) is 3.02. The number of nitrogens with one attached hydrogen (secondary N) is 1. The number of alkyl halides is 2. The Hall–Kier alpha value is -3.03. The predicted molar refractivity (Wildman–Crippen MR) is 92.7 cm³/mol. The Bertz CT molecular complexity index is 785. The van der Waals surface area contributed by atoms with E-state index in [0.717, 1.165) is 11.3 Å². The lowest BCUT2D eigenvalue weighted by molar-refractivity contribution is -0.129. The standard InChI is InChI=1S/C19H19F2N3O3/c20-19(21)27-16-6-4-13(5-7-16)10-23-18(26)14-9-17(25)24(11-14)12-15-3-1-2-8-22-15/h1-8,14,19H,9-12H2,(H,23,26)/t14-/m1/s1. The largest absolute Gasteiger partial charge is 0.435 e. The molecule has 1 aromatic carbocycles. The lowest BCUT2D eigenvalue weighted by Gasteiger charge is -2.16. The second-order valence-electron chi connectivity index (χ2n) is 6.24. The van der Waals surface area contributed by atoms with Crippen molar-refractivity contribution in [3.8, 4) is 5.75 Å². The lowest BCUT2D eigenvalue weighted by Crippen LogP contribution is -2.32. The summed E-state index contributed by atoms with van der Waals surface area (Å²) in [6, 6.07) is 11.5. The van der Waals surface area contributed by atoms with Crippen molar-refractivity contribution in [1.29, 1.82) is 0 Å². The van der Waals surface area contributed by atoms with E-state index >= 15 is 0 Å². The summed E-state index contributed by atoms with van der Waals surface area (Å²) in [4.78, 5) is 30.3. The minimum atomic E-state index is -2.87. The van der Waals surface area contributed by atoms with Crippen LogP contribution in [0.25, 0.3) is 0 Å². The monoisotopic (exact) mass is 375 g/mol. The van der Waals surface area contributed by atoms with E-state index < -0.39 is 12.5 Å². The number of carbonyl (C=O) groups excluding carboxylic acids is 2. The molecule has 142 valence electrons. The molecule has 1 saturated heterocycles. The number of aromatic nitrogens is 1. The normalized spacial score (nSPS) is 16.6. The van der Waals surface area contributed by atoms with Crippen molar-refractivity contribution in [3.63, 3.8) is 0 Å². The summed E-state index contributed by atoms with van der Waals surface area (Å²) in [6.07, 6.45) is 1.83. The number of halogens is 2. The van der Waals surface area contributed by atoms with Crippen molar-refractivity contribution < 1.29 is 23.1 Å². The molecular formula is C19H19F2N3O3. The van der Waals surface area contributed by atoms with Crippen molar-refractivity contribution in [1.82, 2.24) is 15.2 Å². The fourth-order valence-corrected chi connectivity index (χ4v) is 2.91. The summed E-state index contributed by atoms with van der Waals surface area (Å²) in [6.45, 7) is -1.89. The molecule has 6 nitrogen and oxygen atoms in total. The van der Waals surface area contributed by atoms with E-state index in [1.807, 2.05) is 12.1 Å². The van der Waals surface area contributed by atoms with Gasteiger partial charge < -0.3 is 15.0 Å². The summed E-state index contributed by atoms with van der Waals surface area (Å²) >= 11 is 0. The molecule has 0 aliphatic carbocycles. The Morgan fingerprint density at radius 3 is 2.70 bits per heavy atom. The molecule has 1 aliphatic rings. The number of hydrogen-bond acceptors (Lipinski definition) is 4. The van der Waals surface area contributed by atoms with Crippen LogP contribution in [0.1, 0.15) is 17.7 Å². The van der Waals surface area contributed by atoms with Gasteiger partial charge in [-0.25, -0.2) is 0 Å². The minimum absolute atomic E-state index is 0.0617. The van der Waals surface area contributed by atoms with Gasteiger partial charge in [0.1, 0.15) is 5.75 Å². The van der Waals surface area contributed by atoms with Gasteiger partial charge in [-0.15, -0.1) is 0 Å². The average molecular weight is 375 g/mol. The highest BCUT2D eigenvalue weighted by molar-refractivity contribution is 5.89. The van der Waals surface area contributed by atoms with Gasteiger partial charge in [0.25, 0.3) is 0 Å². The molecule has 0 bridgehead atoms. The highest BCUT2D eigenvalue weighted by atomic mass is 19.3. The van der Waals surface area contributed by atoms with E-state index in [9.17, 15) is 18.4 Å². The molecule has 27 heavy (non-hydrogen) atoms. The Balaban J connectivity index is 1.49. The quantitative estimate of drug-likeness (QED) is 0.806. The predicted octanol–water partition coefficient (Wildman–Crippen LogP) is 2.35. The number of pyridine rings is 1. The minimum Gasteiger partial charge on any atom is -0.435 e. The first kappa shape index (κ1) is 18.8. The molecule has 1 fully saturated rings. The molecule has 3 rings (SSSR count). The Morgan fingerprint density at radius 2 is 2.04 bits per heavy atom. The zero-order valence-electron chi connectivity index (χ0n) is 14.5. The maximum atomic E-state index is 12.3. The van der Waals surface area contributed by atoms with Crippen LogP contribution in [-0.4, -0.2) is 34.9 Å². The van der Waals surface area contributed by atoms with Crippen molar-refractivity contribution in [2.75, 3.05) is 6.54 Å². The third-order valence-corrected chi connectivity index (χ3v) is 4.28. The van der Waals surface area contributed by atoms with Gasteiger partial charge in [-0.1, -0.05) is 18.2 Å². The van der Waals surface area contributed by atoms with Gasteiger partial charge in [0, 0.05) is 25.7 Å². The Labute approximate surface area is 155 Å². The van der Waals surface area contributed by atoms with Crippen LogP contribution in [0, 0.1) is 5.92 Å². The van der Waals surface area contributed by atoms with E-state index in [2.05, 4.69) is 15.0 Å². The fourth-order valence-electron chi connectivity index (χ4n) is 2.91. The first-order valence-corrected chi connectivity index (χ1v) is 8.50. The number of hydrogen-bond donors (Lipinski definition) is 1. The summed E-state index contributed by atoms with van der Waals surface area (Å²) in [5.74, 6) is -0.636. The maximum Gasteiger partial charge on any atom is 0.387 e. The van der Waals surface area contributed by atoms with Crippen LogP contribution in [0.3, 0.4) is 0 Å². The molecule has 2 aromatic rings. The third-order valence-electron chi connectivity index (χ3n) is 4.28. The van der Waals surface area contributed by atoms with Crippen LogP contribution >= 0.6 is 0 Å². The van der Waals surface area contributed by atoms with E-state index in [-0.39, 0.29) is 30.5 Å². The second kappa shape index (κ2) is 8.57. The van der Waals surface area contributed by atoms with Gasteiger partial charge in [0.15, 0.2) is 0 Å². The molecule has 0 radical (unpaired) electrons. The van der Waals surface area contributed by atoms with Crippen molar-refractivity contribution in [2.24, 2.45) is 5.92 Å². The molecule has 2 amide bonds. The van der Waals surface area contributed by atoms with Gasteiger partial charge in [-0.05, 0) is 29.8 Å². The summed E-state index contributed by atoms with van der Waals surface area (Å²) in [5.41, 5.74) is 1.53. The first-order valence-electron chi connectivity index (χ1n) is 8.50. The van der Waals surface area contributed by atoms with Crippen LogP contribution < -0.4 is 10.1 Å². The molecule has 1 N–H and O–H groups in total. The SMILES string of the molecule is O=C(NCc1ccc(OC(F)F)cc1)[C@@H]1CC(=O)N(Cc2ccccn2)C1. The van der Waals surface area contributed by atoms with Gasteiger partial charge >= 0.3 is 6.61 Å². The van der Waals surface area contributed by atoms with E-state index in [1.165, 1.54) is 12.1 Å². The molecule has 2 heterocycles. The van der Waals surface area contributed by atoms with Crippen LogP contribution in [0.4, 0.5) is 8.78 Å². The number of nitrogens with zero attached hydrogens (tertiary/aromatic N) is 2. The molecule has 0 spiro atoms. The molecule has 1 aliphatic heterocycles. The number of ether oxygens (including phenoxy) is 1. The van der Waals surface area contributed by atoms with Crippen LogP contribution in [0.2, 0.25) is 0 Å². The highest BCUT2D eigenvalue weighted by Crippen LogP contribution is 2.20. The number of carbonyl (C=O) groups is 2. The van der Waals surface area contributed by atoms with Crippen molar-refractivity contribution >= 4 is 11.8 Å². The first-order chi connectivity index (χ1) is 13.0. The molecule has 1 aromatic heterocycles. The van der Waals surface area contributed by atoms with E-state index in [4.69, 9.17) is 0 Å². The van der Waals surface area contributed by atoms with Crippen LogP contribution in [0.15, 0.2) is 48.7 Å². The molecule has 8 heteroatoms. The number of likely N-dealkylation sites (tertiary alicyclic amines) is 1. The van der Waals surface area contributed by atoms with Gasteiger partial charge in [-0.3, -0.25) is 14.6 Å². The van der Waals surface area contributed by atoms with E-state index in [1.54, 1.807) is 29.3 Å². The Morgan fingerprint density at radius 1 is 1.26 bits per heavy atom. The smallest absolute Gasteiger partial charge is 0.387 e. The van der Waals surface area contributed by atoms with Crippen LogP contribution in [0.5, 0.6) is 5.75 Å². The van der Waals surface area contributed by atoms with E-state index in [0.29, 0.717) is 13.1 Å². The van der Waals surface area contributed by atoms with Gasteiger partial charge in [0.05, 0.1) is 18.2 Å².